The van der Waals surface area contributed by atoms with Crippen molar-refractivity contribution < 1.29 is 18.3 Å². The molecule has 1 aromatic carbocycles. The molecule has 1 unspecified atom stereocenters. The number of benzene rings is 1. The fraction of sp³-hybridized carbons (Fsp3) is 0.250. The molecule has 0 saturated carbocycles. The van der Waals surface area contributed by atoms with Gasteiger partial charge in [0.2, 0.25) is 0 Å². The zero-order chi connectivity index (χ0) is 19.8. The van der Waals surface area contributed by atoms with Crippen LogP contribution in [0.1, 0.15) is 33.2 Å². The molecule has 0 amide bonds. The first kappa shape index (κ1) is 18.1. The van der Waals surface area contributed by atoms with Crippen molar-refractivity contribution in [3.05, 3.63) is 70.7 Å². The number of aromatic nitrogens is 3. The first-order valence-electron chi connectivity index (χ1n) is 8.79. The van der Waals surface area contributed by atoms with E-state index in [2.05, 4.69) is 15.4 Å². The van der Waals surface area contributed by atoms with Crippen LogP contribution in [0.25, 0.3) is 0 Å². The highest BCUT2D eigenvalue weighted by Crippen LogP contribution is 2.34. The van der Waals surface area contributed by atoms with Gasteiger partial charge in [0, 0.05) is 25.4 Å². The number of Topliss-reactive ketones (excluding diaryl/α,β-unsaturated/α-hetero) is 1. The fourth-order valence-corrected chi connectivity index (χ4v) is 3.39. The van der Waals surface area contributed by atoms with Crippen LogP contribution in [0.4, 0.5) is 14.6 Å². The summed E-state index contributed by atoms with van der Waals surface area (Å²) in [6.45, 7) is 2.12. The van der Waals surface area contributed by atoms with E-state index in [1.807, 2.05) is 13.0 Å². The number of anilines is 1. The molecule has 8 heteroatoms. The summed E-state index contributed by atoms with van der Waals surface area (Å²) in [7, 11) is 1.75. The van der Waals surface area contributed by atoms with Gasteiger partial charge in [-0.15, -0.1) is 0 Å². The fourth-order valence-electron chi connectivity index (χ4n) is 3.39. The van der Waals surface area contributed by atoms with E-state index in [4.69, 9.17) is 4.74 Å². The van der Waals surface area contributed by atoms with Crippen molar-refractivity contribution in [1.29, 1.82) is 0 Å². The van der Waals surface area contributed by atoms with Gasteiger partial charge in [0.15, 0.2) is 17.3 Å². The highest BCUT2D eigenvalue weighted by Gasteiger charge is 2.34. The van der Waals surface area contributed by atoms with Crippen molar-refractivity contribution in [3.8, 4) is 5.75 Å². The number of hydrogen-bond donors (Lipinski definition) is 1. The van der Waals surface area contributed by atoms with E-state index in [0.29, 0.717) is 11.4 Å². The molecule has 28 heavy (non-hydrogen) atoms. The molecule has 144 valence electrons. The number of rotatable bonds is 5. The number of halogens is 2. The standard InChI is InChI=1S/C20H18F2N4O2/c1-11-8-12(26(2)25-11)10-28-16-6-5-15(21)17(18(16)22)19(27)14-9-24-20-13(14)4-3-7-23-20/h3-8,14H,9-10H2,1-2H3,(H,23,24). The summed E-state index contributed by atoms with van der Waals surface area (Å²) >= 11 is 0. The van der Waals surface area contributed by atoms with Crippen LogP contribution in [0.3, 0.4) is 0 Å². The molecule has 1 N–H and O–H groups in total. The molecular formula is C20H18F2N4O2. The van der Waals surface area contributed by atoms with Gasteiger partial charge in [0.1, 0.15) is 18.2 Å². The smallest absolute Gasteiger partial charge is 0.178 e. The summed E-state index contributed by atoms with van der Waals surface area (Å²) in [5.74, 6) is -2.88. The Kier molecular flexibility index (Phi) is 4.54. The topological polar surface area (TPSA) is 69.0 Å². The number of nitrogens with one attached hydrogen (secondary N) is 1. The van der Waals surface area contributed by atoms with Gasteiger partial charge in [-0.25, -0.2) is 13.8 Å². The van der Waals surface area contributed by atoms with Crippen molar-refractivity contribution in [1.82, 2.24) is 14.8 Å². The zero-order valence-electron chi connectivity index (χ0n) is 15.4. The number of aryl methyl sites for hydroxylation is 2. The van der Waals surface area contributed by atoms with Crippen molar-refractivity contribution in [2.75, 3.05) is 11.9 Å². The normalized spacial score (nSPS) is 15.2. The molecule has 0 spiro atoms. The number of nitrogens with zero attached hydrogens (tertiary/aromatic N) is 3. The minimum absolute atomic E-state index is 0.0469. The number of ether oxygens (including phenoxy) is 1. The Morgan fingerprint density at radius 2 is 2.18 bits per heavy atom. The molecule has 0 aliphatic carbocycles. The second-order valence-electron chi connectivity index (χ2n) is 6.66. The molecule has 2 aromatic heterocycles. The average molecular weight is 384 g/mol. The van der Waals surface area contributed by atoms with Crippen LogP contribution >= 0.6 is 0 Å². The Morgan fingerprint density at radius 1 is 1.36 bits per heavy atom. The van der Waals surface area contributed by atoms with Gasteiger partial charge >= 0.3 is 0 Å². The largest absolute Gasteiger partial charge is 0.484 e. The van der Waals surface area contributed by atoms with Crippen molar-refractivity contribution in [2.45, 2.75) is 19.4 Å². The summed E-state index contributed by atoms with van der Waals surface area (Å²) in [5.41, 5.74) is 1.57. The predicted octanol–water partition coefficient (Wildman–Crippen LogP) is 3.37. The second kappa shape index (κ2) is 7.03. The summed E-state index contributed by atoms with van der Waals surface area (Å²) in [5, 5.41) is 7.19. The van der Waals surface area contributed by atoms with E-state index in [0.717, 1.165) is 17.5 Å². The Bertz CT molecular complexity index is 1060. The van der Waals surface area contributed by atoms with Gasteiger partial charge in [-0.3, -0.25) is 9.48 Å². The number of ketones is 1. The number of carbonyl (C=O) groups excluding carboxylic acids is 1. The van der Waals surface area contributed by atoms with Crippen LogP contribution in [0.15, 0.2) is 36.5 Å². The summed E-state index contributed by atoms with van der Waals surface area (Å²) in [6, 6.07) is 7.46. The maximum Gasteiger partial charge on any atom is 0.178 e. The second-order valence-corrected chi connectivity index (χ2v) is 6.66. The molecule has 3 aromatic rings. The first-order chi connectivity index (χ1) is 13.5. The van der Waals surface area contributed by atoms with Gasteiger partial charge in [-0.05, 0) is 31.2 Å². The third kappa shape index (κ3) is 3.11. The molecule has 0 fully saturated rings. The van der Waals surface area contributed by atoms with E-state index in [1.165, 1.54) is 6.07 Å². The van der Waals surface area contributed by atoms with E-state index in [9.17, 15) is 13.6 Å². The lowest BCUT2D eigenvalue weighted by molar-refractivity contribution is 0.0957. The monoisotopic (exact) mass is 384 g/mol. The number of hydrogen-bond acceptors (Lipinski definition) is 5. The summed E-state index contributed by atoms with van der Waals surface area (Å²) < 4.78 is 36.5. The minimum atomic E-state index is -0.999. The van der Waals surface area contributed by atoms with Gasteiger partial charge < -0.3 is 10.1 Å². The van der Waals surface area contributed by atoms with Crippen LogP contribution in [0.5, 0.6) is 5.75 Å². The van der Waals surface area contributed by atoms with Crippen molar-refractivity contribution in [2.24, 2.45) is 7.05 Å². The highest BCUT2D eigenvalue weighted by molar-refractivity contribution is 6.03. The van der Waals surface area contributed by atoms with Crippen LogP contribution in [-0.4, -0.2) is 27.1 Å². The molecule has 1 aliphatic rings. The molecule has 0 saturated heterocycles. The van der Waals surface area contributed by atoms with Crippen LogP contribution in [0.2, 0.25) is 0 Å². The van der Waals surface area contributed by atoms with Crippen LogP contribution in [-0.2, 0) is 13.7 Å². The zero-order valence-corrected chi connectivity index (χ0v) is 15.4. The third-order valence-corrected chi connectivity index (χ3v) is 4.78. The van der Waals surface area contributed by atoms with Crippen LogP contribution in [0, 0.1) is 18.6 Å². The maximum absolute atomic E-state index is 15.0. The SMILES string of the molecule is Cc1cc(COc2ccc(F)c(C(=O)C3CNc4ncccc43)c2F)n(C)n1. The lowest BCUT2D eigenvalue weighted by Crippen LogP contribution is -2.18. The molecule has 6 nitrogen and oxygen atoms in total. The Morgan fingerprint density at radius 3 is 2.93 bits per heavy atom. The van der Waals surface area contributed by atoms with Gasteiger partial charge in [0.25, 0.3) is 0 Å². The van der Waals surface area contributed by atoms with E-state index in [-0.39, 0.29) is 18.9 Å². The van der Waals surface area contributed by atoms with Gasteiger partial charge in [-0.1, -0.05) is 6.07 Å². The predicted molar refractivity (Wildman–Crippen MR) is 98.4 cm³/mol. The van der Waals surface area contributed by atoms with E-state index >= 15 is 0 Å². The molecule has 4 rings (SSSR count). The first-order valence-corrected chi connectivity index (χ1v) is 8.79. The minimum Gasteiger partial charge on any atom is -0.484 e. The lowest BCUT2D eigenvalue weighted by atomic mass is 9.92. The number of pyridine rings is 1. The highest BCUT2D eigenvalue weighted by atomic mass is 19.1. The van der Waals surface area contributed by atoms with Crippen molar-refractivity contribution in [3.63, 3.8) is 0 Å². The molecule has 1 atom stereocenters. The quantitative estimate of drug-likeness (QED) is 0.683. The van der Waals surface area contributed by atoms with E-state index < -0.39 is 28.9 Å². The van der Waals surface area contributed by atoms with E-state index in [1.54, 1.807) is 30.1 Å². The van der Waals surface area contributed by atoms with Gasteiger partial charge in [-0.2, -0.15) is 5.10 Å². The lowest BCUT2D eigenvalue weighted by Gasteiger charge is -2.14. The van der Waals surface area contributed by atoms with Crippen molar-refractivity contribution >= 4 is 11.6 Å². The Labute approximate surface area is 160 Å². The Hall–Kier alpha value is -3.29. The molecule has 1 aliphatic heterocycles. The molecule has 3 heterocycles. The molecule has 0 radical (unpaired) electrons. The third-order valence-electron chi connectivity index (χ3n) is 4.78. The average Bonchev–Trinajstić information content (AvgIpc) is 3.23. The summed E-state index contributed by atoms with van der Waals surface area (Å²) in [6.07, 6.45) is 1.59. The Balaban J connectivity index is 1.62. The molecular weight excluding hydrogens is 366 g/mol. The van der Waals surface area contributed by atoms with Crippen LogP contribution < -0.4 is 10.1 Å². The maximum atomic E-state index is 15.0. The number of fused-ring (bicyclic) bond motifs is 1. The number of carbonyl (C=O) groups is 1. The van der Waals surface area contributed by atoms with Gasteiger partial charge in [0.05, 0.1) is 22.9 Å². The summed E-state index contributed by atoms with van der Waals surface area (Å²) in [4.78, 5) is 17.1. The molecule has 0 bridgehead atoms.